The topological polar surface area (TPSA) is 81.3 Å². The average molecular weight is 191 g/mol. The second kappa shape index (κ2) is 3.79. The van der Waals surface area contributed by atoms with E-state index in [1.165, 1.54) is 6.07 Å². The molecule has 0 bridgehead atoms. The minimum Gasteiger partial charge on any atom is -0.506 e. The lowest BCUT2D eigenvalue weighted by molar-refractivity contribution is 0.0696. The Kier molecular flexibility index (Phi) is 2.73. The predicted molar refractivity (Wildman–Crippen MR) is 49.2 cm³/mol. The maximum atomic E-state index is 10.7. The van der Waals surface area contributed by atoms with Crippen molar-refractivity contribution in [3.05, 3.63) is 28.8 Å². The molecular weight excluding hydrogens is 182 g/mol. The number of carbonyl (C=O) groups is 1. The van der Waals surface area contributed by atoms with Crippen LogP contribution >= 0.6 is 0 Å². The number of hydrogen-bond acceptors (Lipinski definition) is 3. The van der Waals surface area contributed by atoms with Crippen molar-refractivity contribution in [1.82, 2.24) is 0 Å². The van der Waals surface area contributed by atoms with Crippen LogP contribution in [0.1, 0.15) is 28.4 Å². The Labute approximate surface area is 81.0 Å². The summed E-state index contributed by atoms with van der Waals surface area (Å²) in [5, 5.41) is 26.8. The first-order chi connectivity index (χ1) is 6.60. The second-order valence-electron chi connectivity index (χ2n) is 2.80. The van der Waals surface area contributed by atoms with Gasteiger partial charge in [0.25, 0.3) is 0 Å². The summed E-state index contributed by atoms with van der Waals surface area (Å²) in [6.07, 6.45) is 0.488. The van der Waals surface area contributed by atoms with Crippen LogP contribution in [0, 0.1) is 11.3 Å². The van der Waals surface area contributed by atoms with Gasteiger partial charge in [0.05, 0.1) is 11.1 Å². The van der Waals surface area contributed by atoms with Crippen molar-refractivity contribution < 1.29 is 15.0 Å². The summed E-state index contributed by atoms with van der Waals surface area (Å²) in [7, 11) is 0. The number of carboxylic acids is 1. The van der Waals surface area contributed by atoms with Crippen molar-refractivity contribution in [2.24, 2.45) is 0 Å². The van der Waals surface area contributed by atoms with Crippen molar-refractivity contribution in [3.8, 4) is 11.8 Å². The Morgan fingerprint density at radius 2 is 2.21 bits per heavy atom. The van der Waals surface area contributed by atoms with Gasteiger partial charge in [-0.15, -0.1) is 0 Å². The van der Waals surface area contributed by atoms with Crippen LogP contribution in [0.25, 0.3) is 0 Å². The molecule has 14 heavy (non-hydrogen) atoms. The van der Waals surface area contributed by atoms with Crippen molar-refractivity contribution >= 4 is 5.97 Å². The third-order valence-corrected chi connectivity index (χ3v) is 1.94. The molecule has 0 saturated heterocycles. The Bertz CT molecular complexity index is 418. The predicted octanol–water partition coefficient (Wildman–Crippen LogP) is 1.52. The number of aryl methyl sites for hydroxylation is 1. The molecule has 1 aromatic carbocycles. The van der Waals surface area contributed by atoms with Gasteiger partial charge in [0.2, 0.25) is 0 Å². The van der Waals surface area contributed by atoms with Gasteiger partial charge in [-0.05, 0) is 24.1 Å². The number of carboxylic acid groups (broad SMARTS) is 1. The zero-order valence-electron chi connectivity index (χ0n) is 7.61. The Balaban J connectivity index is 3.41. The van der Waals surface area contributed by atoms with Crippen LogP contribution in [0.2, 0.25) is 0 Å². The van der Waals surface area contributed by atoms with Gasteiger partial charge in [-0.3, -0.25) is 0 Å². The second-order valence-corrected chi connectivity index (χ2v) is 2.80. The molecule has 0 aliphatic heterocycles. The number of benzene rings is 1. The van der Waals surface area contributed by atoms with E-state index >= 15 is 0 Å². The third-order valence-electron chi connectivity index (χ3n) is 1.94. The number of hydrogen-bond donors (Lipinski definition) is 2. The molecule has 0 saturated carbocycles. The highest BCUT2D eigenvalue weighted by molar-refractivity contribution is 5.88. The molecule has 0 unspecified atom stereocenters. The van der Waals surface area contributed by atoms with E-state index in [1.54, 1.807) is 13.0 Å². The largest absolute Gasteiger partial charge is 0.506 e. The molecule has 72 valence electrons. The number of aromatic hydroxyl groups is 1. The monoisotopic (exact) mass is 191 g/mol. The summed E-state index contributed by atoms with van der Waals surface area (Å²) in [6, 6.07) is 4.29. The first-order valence-corrected chi connectivity index (χ1v) is 4.09. The van der Waals surface area contributed by atoms with Crippen molar-refractivity contribution in [2.75, 3.05) is 0 Å². The van der Waals surface area contributed by atoms with Crippen LogP contribution in [0.4, 0.5) is 0 Å². The van der Waals surface area contributed by atoms with E-state index in [1.807, 2.05) is 0 Å². The normalized spacial score (nSPS) is 9.43. The molecule has 0 amide bonds. The molecule has 4 nitrogen and oxygen atoms in total. The molecule has 0 radical (unpaired) electrons. The summed E-state index contributed by atoms with van der Waals surface area (Å²) in [4.78, 5) is 10.7. The van der Waals surface area contributed by atoms with E-state index in [0.717, 1.165) is 6.07 Å². The molecule has 1 aromatic rings. The molecule has 2 N–H and O–H groups in total. The van der Waals surface area contributed by atoms with Gasteiger partial charge < -0.3 is 10.2 Å². The maximum Gasteiger partial charge on any atom is 0.335 e. The number of nitrogens with zero attached hydrogens (tertiary/aromatic N) is 1. The van der Waals surface area contributed by atoms with Crippen LogP contribution in [0.5, 0.6) is 5.75 Å². The zero-order chi connectivity index (χ0) is 10.7. The van der Waals surface area contributed by atoms with E-state index in [9.17, 15) is 9.90 Å². The van der Waals surface area contributed by atoms with Gasteiger partial charge in [-0.25, -0.2) is 4.79 Å². The molecule has 0 aliphatic carbocycles. The number of phenolic OH excluding ortho intramolecular Hbond substituents is 1. The minimum absolute atomic E-state index is 0.00162. The first-order valence-electron chi connectivity index (χ1n) is 4.09. The SMILES string of the molecule is CCc1cc(C(=O)O)cc(C#N)c1O. The molecule has 1 rings (SSSR count). The molecule has 0 aliphatic rings. The standard InChI is InChI=1S/C10H9NO3/c1-2-6-3-7(10(13)14)4-8(5-11)9(6)12/h3-4,12H,2H2,1H3,(H,13,14). The summed E-state index contributed by atoms with van der Waals surface area (Å²) in [6.45, 7) is 1.78. The highest BCUT2D eigenvalue weighted by Crippen LogP contribution is 2.24. The van der Waals surface area contributed by atoms with Gasteiger partial charge in [0.15, 0.2) is 0 Å². The van der Waals surface area contributed by atoms with E-state index in [-0.39, 0.29) is 16.9 Å². The van der Waals surface area contributed by atoms with E-state index < -0.39 is 5.97 Å². The number of aromatic carboxylic acids is 1. The Hall–Kier alpha value is -2.02. The third kappa shape index (κ3) is 1.67. The summed E-state index contributed by atoms with van der Waals surface area (Å²) >= 11 is 0. The van der Waals surface area contributed by atoms with Crippen LogP contribution < -0.4 is 0 Å². The number of phenols is 1. The first kappa shape index (κ1) is 10.1. The van der Waals surface area contributed by atoms with Crippen molar-refractivity contribution in [3.63, 3.8) is 0 Å². The number of nitriles is 1. The molecule has 0 aromatic heterocycles. The van der Waals surface area contributed by atoms with Gasteiger partial charge in [-0.1, -0.05) is 6.92 Å². The summed E-state index contributed by atoms with van der Waals surface area (Å²) in [5.41, 5.74) is 0.499. The maximum absolute atomic E-state index is 10.7. The minimum atomic E-state index is -1.10. The smallest absolute Gasteiger partial charge is 0.335 e. The molecule has 0 spiro atoms. The molecule has 0 atom stereocenters. The van der Waals surface area contributed by atoms with Gasteiger partial charge in [-0.2, -0.15) is 5.26 Å². The Morgan fingerprint density at radius 3 is 2.64 bits per heavy atom. The fraction of sp³-hybridized carbons (Fsp3) is 0.200. The molecular formula is C10H9NO3. The van der Waals surface area contributed by atoms with Gasteiger partial charge >= 0.3 is 5.97 Å². The van der Waals surface area contributed by atoms with Crippen LogP contribution in [0.3, 0.4) is 0 Å². The lowest BCUT2D eigenvalue weighted by atomic mass is 10.0. The molecule has 0 fully saturated rings. The highest BCUT2D eigenvalue weighted by Gasteiger charge is 2.11. The summed E-state index contributed by atoms with van der Waals surface area (Å²) in [5.74, 6) is -1.23. The average Bonchev–Trinajstić information content (AvgIpc) is 2.17. The molecule has 4 heteroatoms. The van der Waals surface area contributed by atoms with Crippen LogP contribution in [-0.4, -0.2) is 16.2 Å². The van der Waals surface area contributed by atoms with E-state index in [4.69, 9.17) is 10.4 Å². The fourth-order valence-corrected chi connectivity index (χ4v) is 1.17. The highest BCUT2D eigenvalue weighted by atomic mass is 16.4. The lowest BCUT2D eigenvalue weighted by Crippen LogP contribution is -1.99. The zero-order valence-corrected chi connectivity index (χ0v) is 7.61. The van der Waals surface area contributed by atoms with Crippen LogP contribution in [-0.2, 0) is 6.42 Å². The van der Waals surface area contributed by atoms with E-state index in [0.29, 0.717) is 12.0 Å². The van der Waals surface area contributed by atoms with Gasteiger partial charge in [0.1, 0.15) is 11.8 Å². The van der Waals surface area contributed by atoms with Crippen molar-refractivity contribution in [1.29, 1.82) is 5.26 Å². The van der Waals surface area contributed by atoms with E-state index in [2.05, 4.69) is 0 Å². The quantitative estimate of drug-likeness (QED) is 0.742. The Morgan fingerprint density at radius 1 is 1.57 bits per heavy atom. The number of rotatable bonds is 2. The van der Waals surface area contributed by atoms with Crippen molar-refractivity contribution in [2.45, 2.75) is 13.3 Å². The fourth-order valence-electron chi connectivity index (χ4n) is 1.17. The molecule has 0 heterocycles. The van der Waals surface area contributed by atoms with Gasteiger partial charge in [0, 0.05) is 0 Å². The van der Waals surface area contributed by atoms with Crippen LogP contribution in [0.15, 0.2) is 12.1 Å². The lowest BCUT2D eigenvalue weighted by Gasteiger charge is -2.04. The summed E-state index contributed by atoms with van der Waals surface area (Å²) < 4.78 is 0.